The van der Waals surface area contributed by atoms with E-state index in [4.69, 9.17) is 14.2 Å². The van der Waals surface area contributed by atoms with Gasteiger partial charge in [-0.15, -0.1) is 0 Å². The molecule has 1 amide bonds. The first-order valence-corrected chi connectivity index (χ1v) is 10.8. The quantitative estimate of drug-likeness (QED) is 0.315. The summed E-state index contributed by atoms with van der Waals surface area (Å²) in [4.78, 5) is 12.8. The van der Waals surface area contributed by atoms with Crippen LogP contribution in [0.5, 0.6) is 23.0 Å². The Morgan fingerprint density at radius 1 is 0.727 bits per heavy atom. The molecule has 0 atom stereocenters. The van der Waals surface area contributed by atoms with Crippen molar-refractivity contribution in [2.45, 2.75) is 13.5 Å². The van der Waals surface area contributed by atoms with Crippen LogP contribution in [0.3, 0.4) is 0 Å². The molecule has 0 aliphatic heterocycles. The third-order valence-corrected chi connectivity index (χ3v) is 4.83. The maximum absolute atomic E-state index is 12.8. The Hall–Kier alpha value is -4.25. The van der Waals surface area contributed by atoms with Crippen LogP contribution < -0.4 is 19.5 Å². The number of rotatable bonds is 9. The normalized spacial score (nSPS) is 10.3. The van der Waals surface area contributed by atoms with Crippen molar-refractivity contribution in [2.24, 2.45) is 0 Å². The SMILES string of the molecule is CCOc1cc(C(=O)Nc2ccc(Oc3ccccc3)cc2)ccc1OCc1ccccc1. The molecule has 0 aliphatic rings. The highest BCUT2D eigenvalue weighted by Crippen LogP contribution is 2.30. The smallest absolute Gasteiger partial charge is 0.255 e. The van der Waals surface area contributed by atoms with Crippen LogP contribution in [-0.4, -0.2) is 12.5 Å². The summed E-state index contributed by atoms with van der Waals surface area (Å²) < 4.78 is 17.4. The number of hydrogen-bond donors (Lipinski definition) is 1. The van der Waals surface area contributed by atoms with Crippen LogP contribution >= 0.6 is 0 Å². The summed E-state index contributed by atoms with van der Waals surface area (Å²) in [6.45, 7) is 2.78. The first-order chi connectivity index (χ1) is 16.2. The molecule has 0 aliphatic carbocycles. The van der Waals surface area contributed by atoms with Crippen LogP contribution in [0.15, 0.2) is 103 Å². The molecule has 0 spiro atoms. The van der Waals surface area contributed by atoms with E-state index in [-0.39, 0.29) is 5.91 Å². The zero-order valence-electron chi connectivity index (χ0n) is 18.4. The molecule has 0 fully saturated rings. The summed E-state index contributed by atoms with van der Waals surface area (Å²) in [5, 5.41) is 2.91. The van der Waals surface area contributed by atoms with E-state index < -0.39 is 0 Å². The lowest BCUT2D eigenvalue weighted by Crippen LogP contribution is -2.12. The topological polar surface area (TPSA) is 56.8 Å². The van der Waals surface area contributed by atoms with Crippen LogP contribution in [0, 0.1) is 0 Å². The van der Waals surface area contributed by atoms with Gasteiger partial charge in [-0.05, 0) is 67.1 Å². The van der Waals surface area contributed by atoms with Gasteiger partial charge in [0, 0.05) is 11.3 Å². The molecule has 0 bridgehead atoms. The maximum atomic E-state index is 12.8. The summed E-state index contributed by atoms with van der Waals surface area (Å²) in [5.74, 6) is 2.35. The van der Waals surface area contributed by atoms with Crippen molar-refractivity contribution in [1.82, 2.24) is 0 Å². The van der Waals surface area contributed by atoms with Crippen LogP contribution in [0.2, 0.25) is 0 Å². The Kier molecular flexibility index (Phi) is 7.23. The fourth-order valence-electron chi connectivity index (χ4n) is 3.21. The standard InChI is InChI=1S/C28H25NO4/c1-2-31-27-19-22(13-18-26(27)32-20-21-9-5-3-6-10-21)28(30)29-23-14-16-25(17-15-23)33-24-11-7-4-8-12-24/h3-19H,2,20H2,1H3,(H,29,30). The average Bonchev–Trinajstić information content (AvgIpc) is 2.86. The first-order valence-electron chi connectivity index (χ1n) is 10.8. The van der Waals surface area contributed by atoms with Gasteiger partial charge in [0.15, 0.2) is 11.5 Å². The lowest BCUT2D eigenvalue weighted by Gasteiger charge is -2.14. The minimum absolute atomic E-state index is 0.234. The Labute approximate surface area is 193 Å². The number of benzene rings is 4. The maximum Gasteiger partial charge on any atom is 0.255 e. The fraction of sp³-hybridized carbons (Fsp3) is 0.107. The number of carbonyl (C=O) groups excluding carboxylic acids is 1. The van der Waals surface area contributed by atoms with Gasteiger partial charge in [-0.3, -0.25) is 4.79 Å². The van der Waals surface area contributed by atoms with E-state index in [2.05, 4.69) is 5.32 Å². The second kappa shape index (κ2) is 10.9. The van der Waals surface area contributed by atoms with Crippen molar-refractivity contribution in [3.05, 3.63) is 114 Å². The summed E-state index contributed by atoms with van der Waals surface area (Å²) in [6.07, 6.45) is 0. The third kappa shape index (κ3) is 6.14. The zero-order chi connectivity index (χ0) is 22.9. The monoisotopic (exact) mass is 439 g/mol. The highest BCUT2D eigenvalue weighted by atomic mass is 16.5. The van der Waals surface area contributed by atoms with Crippen molar-refractivity contribution >= 4 is 11.6 Å². The molecule has 0 heterocycles. The Morgan fingerprint density at radius 3 is 2.09 bits per heavy atom. The Bertz CT molecular complexity index is 1180. The molecular weight excluding hydrogens is 414 g/mol. The van der Waals surface area contributed by atoms with Crippen LogP contribution in [-0.2, 0) is 6.61 Å². The lowest BCUT2D eigenvalue weighted by molar-refractivity contribution is 0.102. The predicted octanol–water partition coefficient (Wildman–Crippen LogP) is 6.71. The summed E-state index contributed by atoms with van der Waals surface area (Å²) in [7, 11) is 0. The van der Waals surface area contributed by atoms with Crippen molar-refractivity contribution in [1.29, 1.82) is 0 Å². The van der Waals surface area contributed by atoms with E-state index in [0.717, 1.165) is 11.3 Å². The van der Waals surface area contributed by atoms with Crippen molar-refractivity contribution in [3.8, 4) is 23.0 Å². The highest BCUT2D eigenvalue weighted by Gasteiger charge is 2.12. The molecule has 4 rings (SSSR count). The largest absolute Gasteiger partial charge is 0.490 e. The number of ether oxygens (including phenoxy) is 3. The van der Waals surface area contributed by atoms with E-state index in [0.29, 0.717) is 41.7 Å². The molecule has 0 saturated heterocycles. The van der Waals surface area contributed by atoms with Gasteiger partial charge in [-0.1, -0.05) is 48.5 Å². The number of anilines is 1. The van der Waals surface area contributed by atoms with Crippen molar-refractivity contribution in [3.63, 3.8) is 0 Å². The minimum atomic E-state index is -0.234. The van der Waals surface area contributed by atoms with Crippen LogP contribution in [0.4, 0.5) is 5.69 Å². The first kappa shape index (κ1) is 22.0. The lowest BCUT2D eigenvalue weighted by atomic mass is 10.1. The van der Waals surface area contributed by atoms with Gasteiger partial charge in [0.05, 0.1) is 6.61 Å². The second-order valence-corrected chi connectivity index (χ2v) is 7.26. The van der Waals surface area contributed by atoms with Gasteiger partial charge in [0.1, 0.15) is 18.1 Å². The van der Waals surface area contributed by atoms with Gasteiger partial charge >= 0.3 is 0 Å². The molecule has 33 heavy (non-hydrogen) atoms. The molecule has 0 unspecified atom stereocenters. The van der Waals surface area contributed by atoms with Gasteiger partial charge in [-0.2, -0.15) is 0 Å². The molecular formula is C28H25NO4. The van der Waals surface area contributed by atoms with Gasteiger partial charge in [0.25, 0.3) is 5.91 Å². The molecule has 0 aromatic heterocycles. The fourth-order valence-corrected chi connectivity index (χ4v) is 3.21. The molecule has 4 aromatic rings. The number of hydrogen-bond acceptors (Lipinski definition) is 4. The predicted molar refractivity (Wildman–Crippen MR) is 129 cm³/mol. The van der Waals surface area contributed by atoms with Crippen molar-refractivity contribution in [2.75, 3.05) is 11.9 Å². The number of para-hydroxylation sites is 1. The number of carbonyl (C=O) groups is 1. The van der Waals surface area contributed by atoms with Crippen LogP contribution in [0.25, 0.3) is 0 Å². The molecule has 4 aromatic carbocycles. The molecule has 166 valence electrons. The molecule has 5 heteroatoms. The van der Waals surface area contributed by atoms with E-state index in [1.54, 1.807) is 30.3 Å². The summed E-state index contributed by atoms with van der Waals surface area (Å²) in [6, 6.07) is 31.9. The van der Waals surface area contributed by atoms with Crippen molar-refractivity contribution < 1.29 is 19.0 Å². The molecule has 5 nitrogen and oxygen atoms in total. The van der Waals surface area contributed by atoms with Gasteiger partial charge < -0.3 is 19.5 Å². The minimum Gasteiger partial charge on any atom is -0.490 e. The van der Waals surface area contributed by atoms with E-state index in [1.165, 1.54) is 0 Å². The molecule has 0 radical (unpaired) electrons. The molecule has 0 saturated carbocycles. The van der Waals surface area contributed by atoms with Gasteiger partial charge in [0.2, 0.25) is 0 Å². The number of nitrogens with one attached hydrogen (secondary N) is 1. The Morgan fingerprint density at radius 2 is 1.39 bits per heavy atom. The number of amides is 1. The average molecular weight is 440 g/mol. The summed E-state index contributed by atoms with van der Waals surface area (Å²) in [5.41, 5.74) is 2.21. The van der Waals surface area contributed by atoms with E-state index in [1.807, 2.05) is 79.7 Å². The zero-order valence-corrected chi connectivity index (χ0v) is 18.4. The van der Waals surface area contributed by atoms with E-state index >= 15 is 0 Å². The second-order valence-electron chi connectivity index (χ2n) is 7.26. The summed E-state index contributed by atoms with van der Waals surface area (Å²) >= 11 is 0. The molecule has 1 N–H and O–H groups in total. The highest BCUT2D eigenvalue weighted by molar-refractivity contribution is 6.04. The van der Waals surface area contributed by atoms with E-state index in [9.17, 15) is 4.79 Å². The Balaban J connectivity index is 1.41. The van der Waals surface area contributed by atoms with Gasteiger partial charge in [-0.25, -0.2) is 0 Å². The third-order valence-electron chi connectivity index (χ3n) is 4.83. The van der Waals surface area contributed by atoms with Crippen LogP contribution in [0.1, 0.15) is 22.8 Å².